The van der Waals surface area contributed by atoms with Gasteiger partial charge >= 0.3 is 5.97 Å². The number of carbonyl (C=O) groups excluding carboxylic acids is 1. The summed E-state index contributed by atoms with van der Waals surface area (Å²) in [5, 5.41) is 3.23. The second-order valence-electron chi connectivity index (χ2n) is 7.06. The van der Waals surface area contributed by atoms with Gasteiger partial charge in [-0.25, -0.2) is 14.2 Å². The van der Waals surface area contributed by atoms with E-state index in [2.05, 4.69) is 10.3 Å². The zero-order valence-electron chi connectivity index (χ0n) is 17.4. The third kappa shape index (κ3) is 3.96. The van der Waals surface area contributed by atoms with E-state index in [0.717, 1.165) is 6.07 Å². The van der Waals surface area contributed by atoms with Crippen LogP contribution in [0.5, 0.6) is 5.75 Å². The third-order valence-corrected chi connectivity index (χ3v) is 5.18. The van der Waals surface area contributed by atoms with Gasteiger partial charge in [-0.1, -0.05) is 0 Å². The molecule has 3 aromatic rings. The van der Waals surface area contributed by atoms with Crippen LogP contribution in [0.15, 0.2) is 41.3 Å². The Morgan fingerprint density at radius 1 is 1.23 bits per heavy atom. The van der Waals surface area contributed by atoms with E-state index < -0.39 is 17.2 Å². The maximum atomic E-state index is 15.0. The highest BCUT2D eigenvalue weighted by atomic mass is 19.1. The number of benzene rings is 1. The Morgan fingerprint density at radius 2 is 1.94 bits per heavy atom. The van der Waals surface area contributed by atoms with Crippen LogP contribution in [0.3, 0.4) is 0 Å². The summed E-state index contributed by atoms with van der Waals surface area (Å²) in [6.45, 7) is 4.40. The third-order valence-electron chi connectivity index (χ3n) is 5.18. The number of carbonyl (C=O) groups is 1. The van der Waals surface area contributed by atoms with Gasteiger partial charge in [-0.2, -0.15) is 0 Å². The summed E-state index contributed by atoms with van der Waals surface area (Å²) in [7, 11) is 1.56. The summed E-state index contributed by atoms with van der Waals surface area (Å²) in [5.41, 5.74) is 0.109. The first kappa shape index (κ1) is 20.8. The molecule has 1 saturated heterocycles. The van der Waals surface area contributed by atoms with Crippen molar-refractivity contribution in [3.63, 3.8) is 0 Å². The molecule has 1 aliphatic rings. The van der Waals surface area contributed by atoms with E-state index in [-0.39, 0.29) is 29.0 Å². The predicted octanol–water partition coefficient (Wildman–Crippen LogP) is 2.12. The van der Waals surface area contributed by atoms with E-state index in [9.17, 15) is 14.0 Å². The fraction of sp³-hybridized carbons (Fsp3) is 0.318. The van der Waals surface area contributed by atoms with Crippen molar-refractivity contribution >= 4 is 22.8 Å². The lowest BCUT2D eigenvalue weighted by Gasteiger charge is -2.29. The summed E-state index contributed by atoms with van der Waals surface area (Å²) < 4.78 is 26.8. The number of fused-ring (bicyclic) bond motifs is 1. The zero-order chi connectivity index (χ0) is 22.0. The highest BCUT2D eigenvalue weighted by Gasteiger charge is 2.23. The smallest absolute Gasteiger partial charge is 0.343 e. The van der Waals surface area contributed by atoms with Crippen molar-refractivity contribution in [2.75, 3.05) is 44.8 Å². The number of methoxy groups -OCH3 is 1. The number of piperazine rings is 1. The molecule has 0 atom stereocenters. The number of halogens is 1. The van der Waals surface area contributed by atoms with Crippen LogP contribution in [0.2, 0.25) is 0 Å². The maximum Gasteiger partial charge on any atom is 0.343 e. The average Bonchev–Trinajstić information content (AvgIpc) is 2.80. The van der Waals surface area contributed by atoms with Gasteiger partial charge in [0.1, 0.15) is 11.3 Å². The molecule has 0 saturated carbocycles. The number of nitrogens with zero attached hydrogens (tertiary/aromatic N) is 3. The standard InChI is InChI=1S/C22H23FN4O4/c1-3-31-22(29)17-13-27(14-4-6-15(30-2)7-5-14)20-16(19(17)28)12-18(23)21(25-20)26-10-8-24-9-11-26/h4-7,12-13,24H,3,8-11H2,1-2H3. The topological polar surface area (TPSA) is 85.7 Å². The van der Waals surface area contributed by atoms with Crippen LogP contribution in [0.1, 0.15) is 17.3 Å². The van der Waals surface area contributed by atoms with Crippen molar-refractivity contribution in [3.05, 3.63) is 58.1 Å². The number of anilines is 1. The van der Waals surface area contributed by atoms with Gasteiger partial charge < -0.3 is 24.3 Å². The second-order valence-corrected chi connectivity index (χ2v) is 7.06. The molecule has 0 radical (unpaired) electrons. The number of hydrogen-bond donors (Lipinski definition) is 1. The molecule has 1 N–H and O–H groups in total. The van der Waals surface area contributed by atoms with Crippen molar-refractivity contribution in [2.45, 2.75) is 6.92 Å². The Bertz CT molecular complexity index is 1170. The fourth-order valence-electron chi connectivity index (χ4n) is 3.61. The van der Waals surface area contributed by atoms with Gasteiger partial charge in [-0.15, -0.1) is 0 Å². The minimum Gasteiger partial charge on any atom is -0.497 e. The number of nitrogens with one attached hydrogen (secondary N) is 1. The molecule has 162 valence electrons. The Morgan fingerprint density at radius 3 is 2.58 bits per heavy atom. The highest BCUT2D eigenvalue weighted by molar-refractivity contribution is 5.93. The lowest BCUT2D eigenvalue weighted by molar-refractivity contribution is 0.0524. The lowest BCUT2D eigenvalue weighted by Crippen LogP contribution is -2.44. The Balaban J connectivity index is 1.97. The summed E-state index contributed by atoms with van der Waals surface area (Å²) in [4.78, 5) is 31.8. The Labute approximate surface area is 178 Å². The molecule has 9 heteroatoms. The van der Waals surface area contributed by atoms with Crippen LogP contribution in [0.4, 0.5) is 10.2 Å². The largest absolute Gasteiger partial charge is 0.497 e. The number of hydrogen-bond acceptors (Lipinski definition) is 7. The fourth-order valence-corrected chi connectivity index (χ4v) is 3.61. The summed E-state index contributed by atoms with van der Waals surface area (Å²) in [5.74, 6) is -0.531. The van der Waals surface area contributed by atoms with E-state index in [1.165, 1.54) is 6.20 Å². The molecule has 1 fully saturated rings. The first-order chi connectivity index (χ1) is 15.0. The van der Waals surface area contributed by atoms with E-state index in [0.29, 0.717) is 37.6 Å². The molecule has 3 heterocycles. The normalized spacial score (nSPS) is 14.0. The van der Waals surface area contributed by atoms with Gasteiger partial charge in [0.15, 0.2) is 17.3 Å². The molecule has 0 amide bonds. The Hall–Kier alpha value is -3.46. The van der Waals surface area contributed by atoms with Crippen LogP contribution in [-0.4, -0.2) is 55.4 Å². The number of aromatic nitrogens is 2. The first-order valence-electron chi connectivity index (χ1n) is 10.1. The van der Waals surface area contributed by atoms with Gasteiger partial charge in [0.05, 0.1) is 19.1 Å². The van der Waals surface area contributed by atoms with Crippen molar-refractivity contribution < 1.29 is 18.7 Å². The molecule has 0 unspecified atom stereocenters. The number of pyridine rings is 2. The molecule has 2 aromatic heterocycles. The van der Waals surface area contributed by atoms with E-state index in [1.54, 1.807) is 42.9 Å². The maximum absolute atomic E-state index is 15.0. The summed E-state index contributed by atoms with van der Waals surface area (Å²) >= 11 is 0. The van der Waals surface area contributed by atoms with Crippen molar-refractivity contribution in [1.29, 1.82) is 0 Å². The highest BCUT2D eigenvalue weighted by Crippen LogP contribution is 2.25. The van der Waals surface area contributed by atoms with Gasteiger partial charge in [-0.3, -0.25) is 4.79 Å². The molecular formula is C22H23FN4O4. The SMILES string of the molecule is CCOC(=O)c1cn(-c2ccc(OC)cc2)c2nc(N3CCNCC3)c(F)cc2c1=O. The second kappa shape index (κ2) is 8.73. The minimum atomic E-state index is -0.761. The van der Waals surface area contributed by atoms with Crippen LogP contribution >= 0.6 is 0 Å². The molecule has 0 aliphatic carbocycles. The van der Waals surface area contributed by atoms with Crippen LogP contribution in [-0.2, 0) is 4.74 Å². The lowest BCUT2D eigenvalue weighted by atomic mass is 10.1. The minimum absolute atomic E-state index is 0.0118. The van der Waals surface area contributed by atoms with Gasteiger partial charge in [0.2, 0.25) is 5.43 Å². The summed E-state index contributed by atoms with van der Waals surface area (Å²) in [6.07, 6.45) is 1.40. The van der Waals surface area contributed by atoms with Crippen molar-refractivity contribution in [3.8, 4) is 11.4 Å². The predicted molar refractivity (Wildman–Crippen MR) is 115 cm³/mol. The van der Waals surface area contributed by atoms with Crippen molar-refractivity contribution in [2.24, 2.45) is 0 Å². The monoisotopic (exact) mass is 426 g/mol. The van der Waals surface area contributed by atoms with Crippen LogP contribution in [0.25, 0.3) is 16.7 Å². The molecule has 4 rings (SSSR count). The number of esters is 1. The molecule has 0 bridgehead atoms. The molecule has 8 nitrogen and oxygen atoms in total. The number of ether oxygens (including phenoxy) is 2. The van der Waals surface area contributed by atoms with Crippen LogP contribution < -0.4 is 20.4 Å². The molecule has 1 aromatic carbocycles. The van der Waals surface area contributed by atoms with Gasteiger partial charge in [0, 0.05) is 38.1 Å². The van der Waals surface area contributed by atoms with E-state index in [4.69, 9.17) is 9.47 Å². The van der Waals surface area contributed by atoms with Gasteiger partial charge in [-0.05, 0) is 37.3 Å². The van der Waals surface area contributed by atoms with Gasteiger partial charge in [0.25, 0.3) is 0 Å². The average molecular weight is 426 g/mol. The van der Waals surface area contributed by atoms with Crippen molar-refractivity contribution in [1.82, 2.24) is 14.9 Å². The molecular weight excluding hydrogens is 403 g/mol. The number of rotatable bonds is 5. The molecule has 31 heavy (non-hydrogen) atoms. The molecule has 1 aliphatic heterocycles. The van der Waals surface area contributed by atoms with E-state index in [1.807, 2.05) is 4.90 Å². The quantitative estimate of drug-likeness (QED) is 0.626. The van der Waals surface area contributed by atoms with E-state index >= 15 is 0 Å². The Kier molecular flexibility index (Phi) is 5.85. The zero-order valence-corrected chi connectivity index (χ0v) is 17.4. The van der Waals surface area contributed by atoms with Crippen LogP contribution in [0, 0.1) is 5.82 Å². The first-order valence-corrected chi connectivity index (χ1v) is 10.1. The molecule has 0 spiro atoms. The summed E-state index contributed by atoms with van der Waals surface area (Å²) in [6, 6.07) is 8.21.